The van der Waals surface area contributed by atoms with Crippen molar-refractivity contribution in [1.29, 1.82) is 0 Å². The quantitative estimate of drug-likeness (QED) is 0.693. The Balaban J connectivity index is 2.15. The van der Waals surface area contributed by atoms with Gasteiger partial charge in [-0.3, -0.25) is 0 Å². The van der Waals surface area contributed by atoms with Gasteiger partial charge in [0.1, 0.15) is 18.2 Å². The van der Waals surface area contributed by atoms with Crippen LogP contribution in [0.25, 0.3) is 0 Å². The highest BCUT2D eigenvalue weighted by atomic mass is 32.2. The fourth-order valence-corrected chi connectivity index (χ4v) is 2.68. The third-order valence-electron chi connectivity index (χ3n) is 2.80. The molecule has 0 unspecified atom stereocenters. The number of aliphatic hydroxyl groups excluding tert-OH is 1. The summed E-state index contributed by atoms with van der Waals surface area (Å²) in [5, 5.41) is 8.78. The fourth-order valence-electron chi connectivity index (χ4n) is 1.80. The third-order valence-corrected chi connectivity index (χ3v) is 3.92. The first-order chi connectivity index (χ1) is 10.2. The molecule has 2 rings (SSSR count). The molecule has 2 nitrogen and oxygen atoms in total. The van der Waals surface area contributed by atoms with Crippen LogP contribution in [0, 0.1) is 17.7 Å². The third kappa shape index (κ3) is 4.25. The molecule has 0 amide bonds. The Kier molecular flexibility index (Phi) is 5.68. The Labute approximate surface area is 128 Å². The molecule has 0 atom stereocenters. The first kappa shape index (κ1) is 15.4. The van der Waals surface area contributed by atoms with Crippen molar-refractivity contribution in [1.82, 2.24) is 0 Å². The van der Waals surface area contributed by atoms with Crippen LogP contribution < -0.4 is 4.74 Å². The Morgan fingerprint density at radius 1 is 1.24 bits per heavy atom. The number of hydrogen-bond donors (Lipinski definition) is 1. The number of thioether (sulfide) groups is 1. The maximum Gasteiger partial charge on any atom is 0.136 e. The summed E-state index contributed by atoms with van der Waals surface area (Å²) in [6, 6.07) is 12.4. The van der Waals surface area contributed by atoms with Gasteiger partial charge in [-0.05, 0) is 29.8 Å². The molecule has 0 bridgehead atoms. The Morgan fingerprint density at radius 3 is 2.76 bits per heavy atom. The smallest absolute Gasteiger partial charge is 0.136 e. The maximum atomic E-state index is 13.6. The van der Waals surface area contributed by atoms with Gasteiger partial charge in [0, 0.05) is 10.6 Å². The Morgan fingerprint density at radius 2 is 2.05 bits per heavy atom. The molecule has 0 aliphatic carbocycles. The first-order valence-corrected chi connectivity index (χ1v) is 7.37. The van der Waals surface area contributed by atoms with E-state index in [0.717, 1.165) is 11.1 Å². The molecule has 108 valence electrons. The second kappa shape index (κ2) is 7.72. The van der Waals surface area contributed by atoms with Gasteiger partial charge in [0.15, 0.2) is 0 Å². The Bertz CT molecular complexity index is 674. The molecule has 0 fully saturated rings. The fraction of sp³-hybridized carbons (Fsp3) is 0.176. The van der Waals surface area contributed by atoms with Crippen LogP contribution in [0.4, 0.5) is 4.39 Å². The minimum absolute atomic E-state index is 0.197. The number of aliphatic hydroxyl groups is 1. The summed E-state index contributed by atoms with van der Waals surface area (Å²) in [6.07, 6.45) is 0. The van der Waals surface area contributed by atoms with Gasteiger partial charge in [-0.2, -0.15) is 0 Å². The molecule has 0 aliphatic heterocycles. The summed E-state index contributed by atoms with van der Waals surface area (Å²) < 4.78 is 18.8. The highest BCUT2D eigenvalue weighted by Crippen LogP contribution is 2.27. The van der Waals surface area contributed by atoms with E-state index in [4.69, 9.17) is 9.84 Å². The van der Waals surface area contributed by atoms with Crippen molar-refractivity contribution in [3.8, 4) is 17.6 Å². The lowest BCUT2D eigenvalue weighted by Crippen LogP contribution is -1.91. The van der Waals surface area contributed by atoms with E-state index in [9.17, 15) is 4.39 Å². The van der Waals surface area contributed by atoms with E-state index in [1.807, 2.05) is 24.3 Å². The second-order valence-corrected chi connectivity index (χ2v) is 5.23. The lowest BCUT2D eigenvalue weighted by atomic mass is 10.1. The van der Waals surface area contributed by atoms with Crippen LogP contribution in [0.2, 0.25) is 0 Å². The number of ether oxygens (including phenoxy) is 1. The first-order valence-electron chi connectivity index (χ1n) is 6.38. The molecule has 0 heterocycles. The number of rotatable bonds is 4. The van der Waals surface area contributed by atoms with Crippen LogP contribution in [0.3, 0.4) is 0 Å². The van der Waals surface area contributed by atoms with E-state index in [2.05, 4.69) is 11.8 Å². The molecule has 0 radical (unpaired) electrons. The zero-order valence-electron chi connectivity index (χ0n) is 11.6. The maximum absolute atomic E-state index is 13.6. The standard InChI is InChI=1S/C17H15FO2S/c1-20-16-9-8-13(11-14(16)5-4-10-19)12-21-17-7-3-2-6-15(17)18/h2-3,6-9,11,19H,10,12H2,1H3. The van der Waals surface area contributed by atoms with Crippen LogP contribution >= 0.6 is 11.8 Å². The van der Waals surface area contributed by atoms with Crippen LogP contribution in [-0.2, 0) is 5.75 Å². The molecular formula is C17H15FO2S. The molecule has 4 heteroatoms. The average Bonchev–Trinajstić information content (AvgIpc) is 2.52. The minimum atomic E-state index is -0.212. The van der Waals surface area contributed by atoms with Crippen molar-refractivity contribution in [3.63, 3.8) is 0 Å². The average molecular weight is 302 g/mol. The monoisotopic (exact) mass is 302 g/mol. The summed E-state index contributed by atoms with van der Waals surface area (Å²) in [5.41, 5.74) is 1.74. The molecular weight excluding hydrogens is 287 g/mol. The molecule has 0 saturated heterocycles. The second-order valence-electron chi connectivity index (χ2n) is 4.21. The van der Waals surface area contributed by atoms with E-state index < -0.39 is 0 Å². The molecule has 0 aliphatic rings. The van der Waals surface area contributed by atoms with Crippen molar-refractivity contribution in [2.24, 2.45) is 0 Å². The van der Waals surface area contributed by atoms with Crippen LogP contribution in [0.15, 0.2) is 47.4 Å². The van der Waals surface area contributed by atoms with Crippen molar-refractivity contribution < 1.29 is 14.2 Å². The topological polar surface area (TPSA) is 29.5 Å². The van der Waals surface area contributed by atoms with E-state index >= 15 is 0 Å². The number of benzene rings is 2. The van der Waals surface area contributed by atoms with Crippen molar-refractivity contribution in [2.45, 2.75) is 10.6 Å². The molecule has 21 heavy (non-hydrogen) atoms. The predicted octanol–water partition coefficient (Wildman–Crippen LogP) is 3.47. The van der Waals surface area contributed by atoms with Gasteiger partial charge in [0.05, 0.1) is 12.7 Å². The van der Waals surface area contributed by atoms with Crippen molar-refractivity contribution >= 4 is 11.8 Å². The normalized spacial score (nSPS) is 9.86. The highest BCUT2D eigenvalue weighted by molar-refractivity contribution is 7.98. The molecule has 2 aromatic rings. The molecule has 1 N–H and O–H groups in total. The van der Waals surface area contributed by atoms with Crippen LogP contribution in [-0.4, -0.2) is 18.8 Å². The van der Waals surface area contributed by atoms with E-state index in [0.29, 0.717) is 16.4 Å². The van der Waals surface area contributed by atoms with Gasteiger partial charge in [-0.1, -0.05) is 30.0 Å². The predicted molar refractivity (Wildman–Crippen MR) is 82.9 cm³/mol. The molecule has 0 spiro atoms. The van der Waals surface area contributed by atoms with E-state index in [1.165, 1.54) is 17.8 Å². The number of hydrogen-bond acceptors (Lipinski definition) is 3. The van der Waals surface area contributed by atoms with Gasteiger partial charge in [-0.25, -0.2) is 4.39 Å². The zero-order valence-corrected chi connectivity index (χ0v) is 12.4. The summed E-state index contributed by atoms with van der Waals surface area (Å²) in [6.45, 7) is -0.197. The van der Waals surface area contributed by atoms with Gasteiger partial charge < -0.3 is 9.84 Å². The summed E-state index contributed by atoms with van der Waals surface area (Å²) in [7, 11) is 1.58. The number of halogens is 1. The van der Waals surface area contributed by atoms with Gasteiger partial charge in [-0.15, -0.1) is 11.8 Å². The summed E-state index contributed by atoms with van der Waals surface area (Å²) >= 11 is 1.43. The Hall–Kier alpha value is -1.96. The summed E-state index contributed by atoms with van der Waals surface area (Å²) in [4.78, 5) is 0.622. The van der Waals surface area contributed by atoms with Crippen molar-refractivity contribution in [3.05, 3.63) is 59.4 Å². The molecule has 0 saturated carbocycles. The van der Waals surface area contributed by atoms with Gasteiger partial charge in [0.25, 0.3) is 0 Å². The SMILES string of the molecule is COc1ccc(CSc2ccccc2F)cc1C#CCO. The molecule has 0 aromatic heterocycles. The minimum Gasteiger partial charge on any atom is -0.495 e. The van der Waals surface area contributed by atoms with Gasteiger partial charge in [0.2, 0.25) is 0 Å². The van der Waals surface area contributed by atoms with E-state index in [-0.39, 0.29) is 12.4 Å². The number of methoxy groups -OCH3 is 1. The lowest BCUT2D eigenvalue weighted by molar-refractivity contribution is 0.350. The molecule has 2 aromatic carbocycles. The van der Waals surface area contributed by atoms with Crippen LogP contribution in [0.1, 0.15) is 11.1 Å². The van der Waals surface area contributed by atoms with Crippen molar-refractivity contribution in [2.75, 3.05) is 13.7 Å². The van der Waals surface area contributed by atoms with Crippen LogP contribution in [0.5, 0.6) is 5.75 Å². The largest absolute Gasteiger partial charge is 0.495 e. The van der Waals surface area contributed by atoms with Gasteiger partial charge >= 0.3 is 0 Å². The lowest BCUT2D eigenvalue weighted by Gasteiger charge is -2.07. The van der Waals surface area contributed by atoms with E-state index in [1.54, 1.807) is 19.2 Å². The highest BCUT2D eigenvalue weighted by Gasteiger charge is 2.05. The summed E-state index contributed by atoms with van der Waals surface area (Å²) in [5.74, 6) is 6.55. The zero-order chi connectivity index (χ0) is 15.1.